The molecule has 1 heteroatoms. The van der Waals surface area contributed by atoms with Crippen molar-refractivity contribution in [1.29, 1.82) is 0 Å². The lowest BCUT2D eigenvalue weighted by atomic mass is 10.2. The first kappa shape index (κ1) is 9.77. The van der Waals surface area contributed by atoms with Crippen molar-refractivity contribution in [2.75, 3.05) is 0 Å². The molecule has 10 heavy (non-hydrogen) atoms. The van der Waals surface area contributed by atoms with E-state index in [-0.39, 0.29) is 0 Å². The number of rotatable bonds is 3. The smallest absolute Gasteiger partial charge is 0.0180 e. The first-order valence-corrected chi connectivity index (χ1v) is 4.13. The van der Waals surface area contributed by atoms with Crippen LogP contribution in [-0.2, 0) is 0 Å². The first-order valence-electron chi connectivity index (χ1n) is 3.75. The van der Waals surface area contributed by atoms with E-state index in [4.69, 9.17) is 11.6 Å². The van der Waals surface area contributed by atoms with Crippen LogP contribution in [0.2, 0.25) is 0 Å². The molecule has 0 N–H and O–H groups in total. The predicted molar refractivity (Wildman–Crippen MR) is 48.3 cm³/mol. The molecule has 0 heterocycles. The predicted octanol–water partition coefficient (Wildman–Crippen LogP) is 3.88. The molecule has 0 aromatic carbocycles. The fourth-order valence-electron chi connectivity index (χ4n) is 0.693. The van der Waals surface area contributed by atoms with E-state index in [9.17, 15) is 0 Å². The molecule has 0 spiro atoms. The molecule has 0 saturated carbocycles. The van der Waals surface area contributed by atoms with Crippen molar-refractivity contribution in [2.24, 2.45) is 0 Å². The van der Waals surface area contributed by atoms with Crippen molar-refractivity contribution in [1.82, 2.24) is 0 Å². The average molecular weight is 159 g/mol. The van der Waals surface area contributed by atoms with E-state index in [2.05, 4.69) is 19.9 Å². The van der Waals surface area contributed by atoms with Crippen LogP contribution in [0.1, 0.15) is 33.6 Å². The minimum atomic E-state index is 0.929. The fraction of sp³-hybridized carbons (Fsp3) is 0.556. The number of allylic oxidation sites excluding steroid dienone is 4. The van der Waals surface area contributed by atoms with Crippen LogP contribution in [-0.4, -0.2) is 0 Å². The van der Waals surface area contributed by atoms with Crippen molar-refractivity contribution in [3.63, 3.8) is 0 Å². The van der Waals surface area contributed by atoms with Gasteiger partial charge in [0.2, 0.25) is 0 Å². The van der Waals surface area contributed by atoms with Gasteiger partial charge in [0.1, 0.15) is 0 Å². The molecule has 58 valence electrons. The third-order valence-corrected chi connectivity index (χ3v) is 1.84. The lowest BCUT2D eigenvalue weighted by molar-refractivity contribution is 1.12. The molecule has 0 bridgehead atoms. The monoisotopic (exact) mass is 158 g/mol. The van der Waals surface area contributed by atoms with Crippen LogP contribution in [0.3, 0.4) is 0 Å². The van der Waals surface area contributed by atoms with Crippen molar-refractivity contribution < 1.29 is 0 Å². The van der Waals surface area contributed by atoms with Crippen LogP contribution in [0.15, 0.2) is 22.8 Å². The van der Waals surface area contributed by atoms with Crippen molar-refractivity contribution in [3.8, 4) is 0 Å². The molecule has 0 radical (unpaired) electrons. The summed E-state index contributed by atoms with van der Waals surface area (Å²) in [7, 11) is 0. The average Bonchev–Trinajstić information content (AvgIpc) is 1.99. The van der Waals surface area contributed by atoms with Crippen molar-refractivity contribution in [3.05, 3.63) is 22.8 Å². The van der Waals surface area contributed by atoms with Gasteiger partial charge in [0.25, 0.3) is 0 Å². The molecular weight excluding hydrogens is 144 g/mol. The summed E-state index contributed by atoms with van der Waals surface area (Å²) >= 11 is 5.84. The van der Waals surface area contributed by atoms with Gasteiger partial charge in [-0.05, 0) is 25.8 Å². The Morgan fingerprint density at radius 1 is 1.30 bits per heavy atom. The molecule has 0 aromatic rings. The van der Waals surface area contributed by atoms with E-state index in [0.717, 1.165) is 17.9 Å². The van der Waals surface area contributed by atoms with E-state index in [0.29, 0.717) is 0 Å². The highest BCUT2D eigenvalue weighted by Crippen LogP contribution is 2.12. The quantitative estimate of drug-likeness (QED) is 0.547. The van der Waals surface area contributed by atoms with Crippen molar-refractivity contribution >= 4 is 11.6 Å². The number of hydrogen-bond acceptors (Lipinski definition) is 0. The largest absolute Gasteiger partial charge is 0.0892 e. The van der Waals surface area contributed by atoms with Gasteiger partial charge in [-0.15, -0.1) is 0 Å². The molecule has 0 aliphatic carbocycles. The van der Waals surface area contributed by atoms with Gasteiger partial charge in [0, 0.05) is 5.03 Å². The van der Waals surface area contributed by atoms with Crippen LogP contribution in [0.5, 0.6) is 0 Å². The summed E-state index contributed by atoms with van der Waals surface area (Å²) in [5.41, 5.74) is 1.31. The lowest BCUT2D eigenvalue weighted by Gasteiger charge is -1.95. The highest BCUT2D eigenvalue weighted by atomic mass is 35.5. The Bertz CT molecular complexity index is 143. The summed E-state index contributed by atoms with van der Waals surface area (Å²) in [6, 6.07) is 0. The van der Waals surface area contributed by atoms with Crippen molar-refractivity contribution in [2.45, 2.75) is 33.6 Å². The molecule has 0 saturated heterocycles. The highest BCUT2D eigenvalue weighted by Gasteiger charge is 1.89. The van der Waals surface area contributed by atoms with E-state index >= 15 is 0 Å². The van der Waals surface area contributed by atoms with Crippen LogP contribution in [0, 0.1) is 0 Å². The first-order chi connectivity index (χ1) is 4.74. The standard InChI is InChI=1S/C9H15Cl/c1-4-8(5-2)7-9(10)6-3/h4,7H,5-6H2,1-3H3/b8-4-,9-7+. The summed E-state index contributed by atoms with van der Waals surface area (Å²) in [4.78, 5) is 0. The van der Waals surface area contributed by atoms with Gasteiger partial charge in [-0.3, -0.25) is 0 Å². The van der Waals surface area contributed by atoms with Gasteiger partial charge < -0.3 is 0 Å². The van der Waals surface area contributed by atoms with Crippen LogP contribution >= 0.6 is 11.6 Å². The molecule has 0 aliphatic rings. The summed E-state index contributed by atoms with van der Waals surface area (Å²) in [6.07, 6.45) is 6.13. The zero-order valence-corrected chi connectivity index (χ0v) is 7.70. The van der Waals surface area contributed by atoms with Gasteiger partial charge in [-0.25, -0.2) is 0 Å². The zero-order valence-electron chi connectivity index (χ0n) is 6.95. The lowest BCUT2D eigenvalue weighted by Crippen LogP contribution is -1.75. The summed E-state index contributed by atoms with van der Waals surface area (Å²) in [5.74, 6) is 0. The second-order valence-corrected chi connectivity index (χ2v) is 2.65. The van der Waals surface area contributed by atoms with Crippen LogP contribution in [0.25, 0.3) is 0 Å². The van der Waals surface area contributed by atoms with Crippen LogP contribution in [0.4, 0.5) is 0 Å². The normalized spacial score (nSPS) is 14.0. The molecule has 0 aromatic heterocycles. The highest BCUT2D eigenvalue weighted by molar-refractivity contribution is 6.29. The Labute approximate surface area is 68.6 Å². The Kier molecular flexibility index (Phi) is 5.42. The Morgan fingerprint density at radius 3 is 2.20 bits per heavy atom. The molecule has 0 atom stereocenters. The minimum Gasteiger partial charge on any atom is -0.0892 e. The molecule has 0 fully saturated rings. The maximum absolute atomic E-state index is 5.84. The SMILES string of the molecule is C/C=C(\C=C(\Cl)CC)CC. The molecule has 0 nitrogen and oxygen atoms in total. The van der Waals surface area contributed by atoms with E-state index in [1.54, 1.807) is 0 Å². The molecule has 0 aliphatic heterocycles. The third kappa shape index (κ3) is 3.73. The number of halogens is 1. The second-order valence-electron chi connectivity index (χ2n) is 2.16. The van der Waals surface area contributed by atoms with Gasteiger partial charge in [0.05, 0.1) is 0 Å². The summed E-state index contributed by atoms with van der Waals surface area (Å²) < 4.78 is 0. The fourth-order valence-corrected chi connectivity index (χ4v) is 0.833. The Hall–Kier alpha value is -0.230. The van der Waals surface area contributed by atoms with E-state index in [1.165, 1.54) is 5.57 Å². The number of hydrogen-bond donors (Lipinski definition) is 0. The van der Waals surface area contributed by atoms with Gasteiger partial charge >= 0.3 is 0 Å². The maximum atomic E-state index is 5.84. The van der Waals surface area contributed by atoms with Gasteiger partial charge in [-0.1, -0.05) is 37.1 Å². The summed E-state index contributed by atoms with van der Waals surface area (Å²) in [5, 5.41) is 0.940. The molecule has 0 amide bonds. The van der Waals surface area contributed by atoms with E-state index in [1.807, 2.05) is 13.0 Å². The van der Waals surface area contributed by atoms with Gasteiger partial charge in [0.15, 0.2) is 0 Å². The van der Waals surface area contributed by atoms with Gasteiger partial charge in [-0.2, -0.15) is 0 Å². The Balaban J connectivity index is 4.08. The molecule has 0 rings (SSSR count). The molecule has 0 unspecified atom stereocenters. The summed E-state index contributed by atoms with van der Waals surface area (Å²) in [6.45, 7) is 6.22. The minimum absolute atomic E-state index is 0.929. The topological polar surface area (TPSA) is 0 Å². The second kappa shape index (κ2) is 5.55. The molecular formula is C9H15Cl. The third-order valence-electron chi connectivity index (χ3n) is 1.46. The van der Waals surface area contributed by atoms with Crippen LogP contribution < -0.4 is 0 Å². The Morgan fingerprint density at radius 2 is 1.90 bits per heavy atom. The maximum Gasteiger partial charge on any atom is 0.0180 e. The zero-order chi connectivity index (χ0) is 7.98. The van der Waals surface area contributed by atoms with E-state index < -0.39 is 0 Å².